The van der Waals surface area contributed by atoms with Crippen molar-refractivity contribution < 1.29 is 0 Å². The fraction of sp³-hybridized carbons (Fsp3) is 0.0909. The lowest BCUT2D eigenvalue weighted by Gasteiger charge is -2.06. The molecule has 5 aromatic rings. The smallest absolute Gasteiger partial charge is 0.00461 e. The Morgan fingerprint density at radius 3 is 1.18 bits per heavy atom. The van der Waals surface area contributed by atoms with Crippen LogP contribution in [0.2, 0.25) is 0 Å². The minimum absolute atomic E-state index is 0.991. The van der Waals surface area contributed by atoms with Gasteiger partial charge < -0.3 is 0 Å². The molecule has 0 saturated carbocycles. The summed E-state index contributed by atoms with van der Waals surface area (Å²) in [6, 6.07) is 46.3. The third-order valence-corrected chi connectivity index (χ3v) is 5.61. The van der Waals surface area contributed by atoms with Gasteiger partial charge in [-0.1, -0.05) is 141 Å². The first-order chi connectivity index (χ1) is 16.7. The van der Waals surface area contributed by atoms with E-state index in [1.165, 1.54) is 38.9 Å². The molecule has 0 fully saturated rings. The first-order valence-corrected chi connectivity index (χ1v) is 12.2. The van der Waals surface area contributed by atoms with E-state index in [4.69, 9.17) is 0 Å². The number of hydrogen-bond acceptors (Lipinski definition) is 1. The monoisotopic (exact) mass is 460 g/mol. The largest absolute Gasteiger partial charge is 0.143 e. The van der Waals surface area contributed by atoms with Gasteiger partial charge in [-0.05, 0) is 52.4 Å². The molecule has 0 saturated heterocycles. The number of thiol groups is 1. The Bertz CT molecular complexity index is 1200. The Morgan fingerprint density at radius 1 is 0.382 bits per heavy atom. The van der Waals surface area contributed by atoms with Crippen molar-refractivity contribution in [2.45, 2.75) is 25.7 Å². The van der Waals surface area contributed by atoms with Crippen LogP contribution in [0.4, 0.5) is 0 Å². The zero-order valence-electron chi connectivity index (χ0n) is 20.1. The van der Waals surface area contributed by atoms with E-state index in [0.29, 0.717) is 0 Å². The third kappa shape index (κ3) is 7.23. The van der Waals surface area contributed by atoms with Gasteiger partial charge in [-0.15, -0.1) is 12.6 Å². The molecule has 0 amide bonds. The van der Waals surface area contributed by atoms with Crippen molar-refractivity contribution >= 4 is 12.6 Å². The lowest BCUT2D eigenvalue weighted by molar-refractivity contribution is 1.46. The number of rotatable bonds is 3. The highest BCUT2D eigenvalue weighted by Crippen LogP contribution is 2.26. The van der Waals surface area contributed by atoms with Crippen molar-refractivity contribution in [3.8, 4) is 33.4 Å². The average Bonchev–Trinajstić information content (AvgIpc) is 2.92. The first-order valence-electron chi connectivity index (χ1n) is 11.8. The van der Waals surface area contributed by atoms with Gasteiger partial charge in [-0.2, -0.15) is 0 Å². The third-order valence-electron chi connectivity index (χ3n) is 5.33. The summed E-state index contributed by atoms with van der Waals surface area (Å²) in [7, 11) is 0. The van der Waals surface area contributed by atoms with Crippen LogP contribution in [0.5, 0.6) is 0 Å². The van der Waals surface area contributed by atoms with Gasteiger partial charge in [0.05, 0.1) is 0 Å². The highest BCUT2D eigenvalue weighted by Gasteiger charge is 2.00. The Hall–Kier alpha value is -3.55. The highest BCUT2D eigenvalue weighted by molar-refractivity contribution is 7.80. The van der Waals surface area contributed by atoms with Crippen molar-refractivity contribution in [2.75, 3.05) is 0 Å². The molecule has 170 valence electrons. The van der Waals surface area contributed by atoms with Crippen LogP contribution >= 0.6 is 12.6 Å². The normalized spacial score (nSPS) is 9.76. The highest BCUT2D eigenvalue weighted by atomic mass is 32.1. The SMILES string of the molecule is CC.Cc1ccc(-c2ccc(-c3cccc(S)c3)cc2)cc1.c1ccc(-c2ccccc2)cc1. The summed E-state index contributed by atoms with van der Waals surface area (Å²) in [5.41, 5.74) is 8.76. The fourth-order valence-corrected chi connectivity index (χ4v) is 3.77. The van der Waals surface area contributed by atoms with Crippen LogP contribution in [0.3, 0.4) is 0 Å². The topological polar surface area (TPSA) is 0 Å². The molecular weight excluding hydrogens is 428 g/mol. The molecule has 0 nitrogen and oxygen atoms in total. The number of hydrogen-bond donors (Lipinski definition) is 1. The van der Waals surface area contributed by atoms with E-state index in [9.17, 15) is 0 Å². The van der Waals surface area contributed by atoms with Crippen LogP contribution in [0, 0.1) is 6.92 Å². The summed E-state index contributed by atoms with van der Waals surface area (Å²) >= 11 is 4.39. The average molecular weight is 461 g/mol. The van der Waals surface area contributed by atoms with E-state index < -0.39 is 0 Å². The second-order valence-corrected chi connectivity index (χ2v) is 8.24. The van der Waals surface area contributed by atoms with E-state index in [1.807, 2.05) is 38.1 Å². The molecule has 0 bridgehead atoms. The molecule has 0 spiro atoms. The van der Waals surface area contributed by atoms with Crippen LogP contribution in [0.15, 0.2) is 138 Å². The van der Waals surface area contributed by atoms with Gasteiger partial charge in [0.1, 0.15) is 0 Å². The molecule has 0 aliphatic carbocycles. The van der Waals surface area contributed by atoms with Crippen molar-refractivity contribution in [3.05, 3.63) is 139 Å². The molecule has 0 aliphatic heterocycles. The first kappa shape index (κ1) is 25.1. The summed E-state index contributed by atoms with van der Waals surface area (Å²) in [6.45, 7) is 6.11. The van der Waals surface area contributed by atoms with Crippen LogP contribution in [-0.2, 0) is 0 Å². The molecule has 0 unspecified atom stereocenters. The van der Waals surface area contributed by atoms with E-state index in [1.54, 1.807) is 0 Å². The summed E-state index contributed by atoms with van der Waals surface area (Å²) in [4.78, 5) is 0.991. The minimum Gasteiger partial charge on any atom is -0.143 e. The zero-order chi connectivity index (χ0) is 24.2. The summed E-state index contributed by atoms with van der Waals surface area (Å²) in [5, 5.41) is 0. The maximum Gasteiger partial charge on any atom is 0.00461 e. The summed E-state index contributed by atoms with van der Waals surface area (Å²) < 4.78 is 0. The van der Waals surface area contributed by atoms with Gasteiger partial charge >= 0.3 is 0 Å². The Kier molecular flexibility index (Phi) is 9.76. The zero-order valence-corrected chi connectivity index (χ0v) is 21.0. The van der Waals surface area contributed by atoms with Gasteiger partial charge in [0.25, 0.3) is 0 Å². The van der Waals surface area contributed by atoms with Crippen molar-refractivity contribution in [3.63, 3.8) is 0 Å². The summed E-state index contributed by atoms with van der Waals surface area (Å²) in [6.07, 6.45) is 0. The van der Waals surface area contributed by atoms with E-state index >= 15 is 0 Å². The molecule has 0 aliphatic rings. The quantitative estimate of drug-likeness (QED) is 0.254. The van der Waals surface area contributed by atoms with Gasteiger partial charge in [0.2, 0.25) is 0 Å². The van der Waals surface area contributed by atoms with Gasteiger partial charge in [-0.25, -0.2) is 0 Å². The number of aryl methyl sites for hydroxylation is 1. The second-order valence-electron chi connectivity index (χ2n) is 7.73. The van der Waals surface area contributed by atoms with Crippen LogP contribution in [-0.4, -0.2) is 0 Å². The molecule has 0 radical (unpaired) electrons. The van der Waals surface area contributed by atoms with Gasteiger partial charge in [-0.3, -0.25) is 0 Å². The van der Waals surface area contributed by atoms with Gasteiger partial charge in [0, 0.05) is 4.90 Å². The van der Waals surface area contributed by atoms with Crippen molar-refractivity contribution in [2.24, 2.45) is 0 Å². The van der Waals surface area contributed by atoms with E-state index in [2.05, 4.69) is 129 Å². The molecule has 0 N–H and O–H groups in total. The van der Waals surface area contributed by atoms with Crippen molar-refractivity contribution in [1.82, 2.24) is 0 Å². The van der Waals surface area contributed by atoms with Crippen LogP contribution in [0.25, 0.3) is 33.4 Å². The molecular formula is C33H32S. The molecule has 0 heterocycles. The molecule has 1 heteroatoms. The predicted molar refractivity (Wildman–Crippen MR) is 153 cm³/mol. The molecule has 5 rings (SSSR count). The number of benzene rings is 5. The fourth-order valence-electron chi connectivity index (χ4n) is 3.55. The Balaban J connectivity index is 0.000000197. The van der Waals surface area contributed by atoms with E-state index in [0.717, 1.165) is 4.90 Å². The van der Waals surface area contributed by atoms with Crippen LogP contribution in [0.1, 0.15) is 19.4 Å². The molecule has 0 aromatic heterocycles. The lowest BCUT2D eigenvalue weighted by atomic mass is 10.00. The summed E-state index contributed by atoms with van der Waals surface area (Å²) in [5.74, 6) is 0. The maximum absolute atomic E-state index is 4.39. The minimum atomic E-state index is 0.991. The standard InChI is InChI=1S/C19H16S.C12H10.C2H6/c1-14-5-7-15(8-6-14)16-9-11-17(12-10-16)18-3-2-4-19(20)13-18;1-3-7-11(8-4-1)12-9-5-2-6-10-12;1-2/h2-13,20H,1H3;1-10H;1-2H3. The van der Waals surface area contributed by atoms with E-state index in [-0.39, 0.29) is 0 Å². The lowest BCUT2D eigenvalue weighted by Crippen LogP contribution is -1.81. The Morgan fingerprint density at radius 2 is 0.735 bits per heavy atom. The molecule has 0 atom stereocenters. The van der Waals surface area contributed by atoms with Crippen molar-refractivity contribution in [1.29, 1.82) is 0 Å². The maximum atomic E-state index is 4.39. The molecule has 34 heavy (non-hydrogen) atoms. The predicted octanol–water partition coefficient (Wildman–Crippen LogP) is 10.00. The Labute approximate surface area is 210 Å². The molecule has 5 aromatic carbocycles. The van der Waals surface area contributed by atoms with Crippen LogP contribution < -0.4 is 0 Å². The van der Waals surface area contributed by atoms with Gasteiger partial charge in [0.15, 0.2) is 0 Å². The second kappa shape index (κ2) is 13.2.